The van der Waals surface area contributed by atoms with Gasteiger partial charge in [0.15, 0.2) is 0 Å². The molecule has 0 aliphatic carbocycles. The number of esters is 2. The number of ether oxygens (including phenoxy) is 2. The Balaban J connectivity index is 1.73. The molecule has 150 valence electrons. The summed E-state index contributed by atoms with van der Waals surface area (Å²) in [4.78, 5) is 46.4. The van der Waals surface area contributed by atoms with Gasteiger partial charge in [-0.05, 0) is 48.0 Å². The van der Waals surface area contributed by atoms with E-state index in [0.29, 0.717) is 0 Å². The van der Waals surface area contributed by atoms with E-state index in [-0.39, 0.29) is 33.8 Å². The van der Waals surface area contributed by atoms with Crippen LogP contribution in [0, 0.1) is 0 Å². The zero-order chi connectivity index (χ0) is 21.7. The van der Waals surface area contributed by atoms with Crippen molar-refractivity contribution < 1.29 is 38.9 Å². The van der Waals surface area contributed by atoms with Crippen LogP contribution >= 0.6 is 0 Å². The first kappa shape index (κ1) is 20.3. The summed E-state index contributed by atoms with van der Waals surface area (Å²) in [5.41, 5.74) is -0.192. The van der Waals surface area contributed by atoms with Gasteiger partial charge in [-0.2, -0.15) is 0 Å². The van der Waals surface area contributed by atoms with E-state index in [1.54, 1.807) is 0 Å². The molecule has 0 aromatic heterocycles. The van der Waals surface area contributed by atoms with Gasteiger partial charge in [0.1, 0.15) is 11.5 Å². The molecule has 0 fully saturated rings. The Morgan fingerprint density at radius 2 is 1.07 bits per heavy atom. The maximum Gasteiger partial charge on any atom is 0.343 e. The topological polar surface area (TPSA) is 130 Å². The predicted octanol–water partition coefficient (Wildman–Crippen LogP) is 2.19. The van der Waals surface area contributed by atoms with Crippen molar-refractivity contribution in [2.24, 2.45) is 0 Å². The fourth-order valence-electron chi connectivity index (χ4n) is 2.49. The fraction of sp³-hybridized carbons (Fsp3) is 0. The largest absolute Gasteiger partial charge is 0.545 e. The molecular formula is C22H13O8-. The van der Waals surface area contributed by atoms with Gasteiger partial charge in [-0.25, -0.2) is 14.4 Å². The molecule has 0 atom stereocenters. The van der Waals surface area contributed by atoms with Crippen molar-refractivity contribution in [1.29, 1.82) is 0 Å². The highest BCUT2D eigenvalue weighted by atomic mass is 16.5. The normalized spacial score (nSPS) is 10.1. The van der Waals surface area contributed by atoms with Crippen LogP contribution in [-0.2, 0) is 0 Å². The van der Waals surface area contributed by atoms with Crippen LogP contribution in [0.5, 0.6) is 11.5 Å². The molecule has 0 saturated carbocycles. The molecule has 8 nitrogen and oxygen atoms in total. The van der Waals surface area contributed by atoms with Gasteiger partial charge in [-0.15, -0.1) is 0 Å². The number of carbonyl (C=O) groups excluding carboxylic acids is 3. The van der Waals surface area contributed by atoms with Gasteiger partial charge in [0, 0.05) is 6.07 Å². The summed E-state index contributed by atoms with van der Waals surface area (Å²) >= 11 is 0. The Morgan fingerprint density at radius 1 is 0.633 bits per heavy atom. The highest BCUT2D eigenvalue weighted by Gasteiger charge is 2.14. The van der Waals surface area contributed by atoms with E-state index in [2.05, 4.69) is 0 Å². The van der Waals surface area contributed by atoms with Crippen LogP contribution in [0.2, 0.25) is 0 Å². The molecule has 0 heterocycles. The minimum Gasteiger partial charge on any atom is -0.545 e. The monoisotopic (exact) mass is 405 g/mol. The van der Waals surface area contributed by atoms with Crippen molar-refractivity contribution in [2.45, 2.75) is 0 Å². The predicted molar refractivity (Wildman–Crippen MR) is 101 cm³/mol. The summed E-state index contributed by atoms with van der Waals surface area (Å²) in [6.45, 7) is 0. The minimum absolute atomic E-state index is 0.00424. The number of carboxylic acids is 2. The van der Waals surface area contributed by atoms with Gasteiger partial charge >= 0.3 is 17.9 Å². The van der Waals surface area contributed by atoms with E-state index >= 15 is 0 Å². The zero-order valence-electron chi connectivity index (χ0n) is 15.2. The summed E-state index contributed by atoms with van der Waals surface area (Å²) < 4.78 is 10.4. The van der Waals surface area contributed by atoms with E-state index in [1.807, 2.05) is 0 Å². The molecule has 0 radical (unpaired) electrons. The lowest BCUT2D eigenvalue weighted by atomic mass is 10.1. The average Bonchev–Trinajstić information content (AvgIpc) is 2.74. The van der Waals surface area contributed by atoms with Crippen molar-refractivity contribution in [2.75, 3.05) is 0 Å². The third-order valence-corrected chi connectivity index (χ3v) is 3.91. The second-order valence-corrected chi connectivity index (χ2v) is 6.01. The Hall–Kier alpha value is -4.46. The average molecular weight is 405 g/mol. The van der Waals surface area contributed by atoms with Crippen molar-refractivity contribution in [3.05, 3.63) is 95.1 Å². The number of carbonyl (C=O) groups is 4. The van der Waals surface area contributed by atoms with Crippen LogP contribution in [0.25, 0.3) is 0 Å². The second-order valence-electron chi connectivity index (χ2n) is 6.01. The molecule has 0 unspecified atom stereocenters. The third-order valence-electron chi connectivity index (χ3n) is 3.91. The SMILES string of the molecule is O=C([O-])c1cccc(C(=O)Oc2cccc(OC(=O)c3cccc(C(=O)O)c3)c2)c1. The van der Waals surface area contributed by atoms with Gasteiger partial charge in [0.25, 0.3) is 0 Å². The molecule has 0 saturated heterocycles. The second kappa shape index (κ2) is 8.70. The smallest absolute Gasteiger partial charge is 0.343 e. The van der Waals surface area contributed by atoms with Crippen molar-refractivity contribution in [3.8, 4) is 11.5 Å². The molecular weight excluding hydrogens is 392 g/mol. The van der Waals surface area contributed by atoms with Gasteiger partial charge in [0.05, 0.1) is 22.7 Å². The molecule has 3 rings (SSSR count). The Labute approximate surface area is 169 Å². The summed E-state index contributed by atoms with van der Waals surface area (Å²) in [5.74, 6) is -4.08. The maximum absolute atomic E-state index is 12.3. The first-order chi connectivity index (χ1) is 14.3. The Kier molecular flexibility index (Phi) is 5.88. The molecule has 0 amide bonds. The van der Waals surface area contributed by atoms with Crippen LogP contribution in [-0.4, -0.2) is 29.0 Å². The quantitative estimate of drug-likeness (QED) is 0.488. The van der Waals surface area contributed by atoms with E-state index < -0.39 is 23.9 Å². The Bertz CT molecular complexity index is 1060. The molecule has 0 spiro atoms. The Morgan fingerprint density at radius 3 is 1.57 bits per heavy atom. The van der Waals surface area contributed by atoms with Gasteiger partial charge in [0.2, 0.25) is 0 Å². The molecule has 3 aromatic rings. The summed E-state index contributed by atoms with van der Waals surface area (Å²) in [7, 11) is 0. The first-order valence-corrected chi connectivity index (χ1v) is 8.52. The molecule has 1 N–H and O–H groups in total. The van der Waals surface area contributed by atoms with Crippen molar-refractivity contribution in [1.82, 2.24) is 0 Å². The molecule has 0 aliphatic rings. The van der Waals surface area contributed by atoms with E-state index in [9.17, 15) is 24.3 Å². The number of hydrogen-bond donors (Lipinski definition) is 1. The van der Waals surface area contributed by atoms with Gasteiger partial charge in [-0.1, -0.05) is 24.3 Å². The zero-order valence-corrected chi connectivity index (χ0v) is 15.2. The standard InChI is InChI=1S/C22H14O8/c23-19(24)13-4-1-6-15(10-13)21(27)29-17-8-3-9-18(12-17)30-22(28)16-7-2-5-14(11-16)20(25)26/h1-12H,(H,23,24)(H,25,26)/p-1. The summed E-state index contributed by atoms with van der Waals surface area (Å²) in [6, 6.07) is 16.2. The number of benzene rings is 3. The lowest BCUT2D eigenvalue weighted by Gasteiger charge is -2.09. The van der Waals surface area contributed by atoms with E-state index in [1.165, 1.54) is 66.7 Å². The minimum atomic E-state index is -1.43. The molecule has 0 bridgehead atoms. The number of aromatic carboxylic acids is 2. The van der Waals surface area contributed by atoms with Crippen LogP contribution < -0.4 is 14.6 Å². The number of hydrogen-bond acceptors (Lipinski definition) is 7. The van der Waals surface area contributed by atoms with Crippen molar-refractivity contribution >= 4 is 23.9 Å². The van der Waals surface area contributed by atoms with Crippen LogP contribution in [0.4, 0.5) is 0 Å². The summed E-state index contributed by atoms with van der Waals surface area (Å²) in [5, 5.41) is 19.9. The van der Waals surface area contributed by atoms with Crippen LogP contribution in [0.15, 0.2) is 72.8 Å². The lowest BCUT2D eigenvalue weighted by molar-refractivity contribution is -0.255. The molecule has 8 heteroatoms. The highest BCUT2D eigenvalue weighted by Crippen LogP contribution is 2.22. The number of carboxylic acid groups (broad SMARTS) is 2. The van der Waals surface area contributed by atoms with Gasteiger partial charge in [-0.3, -0.25) is 0 Å². The van der Waals surface area contributed by atoms with E-state index in [0.717, 1.165) is 6.07 Å². The third kappa shape index (κ3) is 4.87. The number of rotatable bonds is 6. The van der Waals surface area contributed by atoms with Gasteiger partial charge < -0.3 is 24.5 Å². The van der Waals surface area contributed by atoms with Crippen LogP contribution in [0.3, 0.4) is 0 Å². The summed E-state index contributed by atoms with van der Waals surface area (Å²) in [6.07, 6.45) is 0. The van der Waals surface area contributed by atoms with Crippen molar-refractivity contribution in [3.63, 3.8) is 0 Å². The van der Waals surface area contributed by atoms with E-state index in [4.69, 9.17) is 14.6 Å². The first-order valence-electron chi connectivity index (χ1n) is 8.52. The van der Waals surface area contributed by atoms with Crippen LogP contribution in [0.1, 0.15) is 41.4 Å². The molecule has 0 aliphatic heterocycles. The molecule has 3 aromatic carbocycles. The maximum atomic E-state index is 12.3. The fourth-order valence-corrected chi connectivity index (χ4v) is 2.49. The highest BCUT2D eigenvalue weighted by molar-refractivity contribution is 5.96. The lowest BCUT2D eigenvalue weighted by Crippen LogP contribution is -2.22. The molecule has 30 heavy (non-hydrogen) atoms.